The Kier molecular flexibility index (Phi) is 3.44. The molecule has 2 N–H and O–H groups in total. The Bertz CT molecular complexity index is 270. The maximum Gasteiger partial charge on any atom is 0.0801 e. The predicted molar refractivity (Wildman–Crippen MR) is 54.2 cm³/mol. The average molecular weight is 182 g/mol. The number of hydrogen-bond donors (Lipinski definition) is 1. The molecule has 0 radical (unpaired) electrons. The summed E-state index contributed by atoms with van der Waals surface area (Å²) < 4.78 is 0. The van der Waals surface area contributed by atoms with Gasteiger partial charge in [-0.15, -0.1) is 11.3 Å². The third kappa shape index (κ3) is 2.16. The molecule has 1 rings (SSSR count). The van der Waals surface area contributed by atoms with Gasteiger partial charge in [0.2, 0.25) is 0 Å². The third-order valence-corrected chi connectivity index (χ3v) is 2.71. The van der Waals surface area contributed by atoms with E-state index in [9.17, 15) is 0 Å². The van der Waals surface area contributed by atoms with Gasteiger partial charge in [-0.1, -0.05) is 12.5 Å². The smallest absolute Gasteiger partial charge is 0.0801 e. The number of aryl methyl sites for hydroxylation is 1. The zero-order valence-corrected chi connectivity index (χ0v) is 8.32. The Morgan fingerprint density at radius 3 is 2.92 bits per heavy atom. The van der Waals surface area contributed by atoms with Crippen LogP contribution in [-0.2, 0) is 0 Å². The van der Waals surface area contributed by atoms with E-state index in [2.05, 4.69) is 18.0 Å². The largest absolute Gasteiger partial charge is 0.327 e. The van der Waals surface area contributed by atoms with Crippen molar-refractivity contribution in [2.75, 3.05) is 6.54 Å². The molecule has 0 bridgehead atoms. The average Bonchev–Trinajstić information content (AvgIpc) is 2.47. The van der Waals surface area contributed by atoms with E-state index in [0.717, 1.165) is 12.1 Å². The van der Waals surface area contributed by atoms with Crippen molar-refractivity contribution in [3.05, 3.63) is 21.7 Å². The molecule has 0 aliphatic heterocycles. The molecule has 0 atom stereocenters. The molecule has 12 heavy (non-hydrogen) atoms. The van der Waals surface area contributed by atoms with Crippen molar-refractivity contribution >= 4 is 17.4 Å². The zero-order chi connectivity index (χ0) is 8.97. The predicted octanol–water partition coefficient (Wildman–Crippen LogP) is 2.20. The molecule has 0 aliphatic rings. The molecule has 0 aromatic carbocycles. The van der Waals surface area contributed by atoms with Crippen LogP contribution in [-0.4, -0.2) is 11.5 Å². The SMILES string of the molecule is CC/C(=C\c1scnc1C)CN. The first-order valence-corrected chi connectivity index (χ1v) is 4.95. The second-order valence-electron chi connectivity index (χ2n) is 2.66. The highest BCUT2D eigenvalue weighted by molar-refractivity contribution is 7.10. The number of nitrogens with two attached hydrogens (primary N) is 1. The van der Waals surface area contributed by atoms with E-state index in [1.807, 2.05) is 12.4 Å². The Balaban J connectivity index is 2.85. The van der Waals surface area contributed by atoms with Gasteiger partial charge in [-0.3, -0.25) is 0 Å². The van der Waals surface area contributed by atoms with Gasteiger partial charge in [0.25, 0.3) is 0 Å². The quantitative estimate of drug-likeness (QED) is 0.778. The van der Waals surface area contributed by atoms with Crippen LogP contribution in [0.2, 0.25) is 0 Å². The summed E-state index contributed by atoms with van der Waals surface area (Å²) in [6.45, 7) is 4.79. The Morgan fingerprint density at radius 2 is 2.50 bits per heavy atom. The fraction of sp³-hybridized carbons (Fsp3) is 0.444. The Labute approximate surface area is 77.1 Å². The van der Waals surface area contributed by atoms with Gasteiger partial charge in [-0.05, 0) is 19.4 Å². The summed E-state index contributed by atoms with van der Waals surface area (Å²) in [6.07, 6.45) is 3.17. The lowest BCUT2D eigenvalue weighted by molar-refractivity contribution is 1.02. The van der Waals surface area contributed by atoms with Gasteiger partial charge >= 0.3 is 0 Å². The molecule has 0 unspecified atom stereocenters. The van der Waals surface area contributed by atoms with Crippen LogP contribution in [0.25, 0.3) is 6.08 Å². The lowest BCUT2D eigenvalue weighted by atomic mass is 10.2. The van der Waals surface area contributed by atoms with E-state index in [1.54, 1.807) is 11.3 Å². The summed E-state index contributed by atoms with van der Waals surface area (Å²) in [6, 6.07) is 0. The summed E-state index contributed by atoms with van der Waals surface area (Å²) in [4.78, 5) is 5.40. The van der Waals surface area contributed by atoms with Crippen molar-refractivity contribution in [2.24, 2.45) is 5.73 Å². The maximum absolute atomic E-state index is 5.57. The highest BCUT2D eigenvalue weighted by Gasteiger charge is 1.98. The molecule has 3 heteroatoms. The standard InChI is InChI=1S/C9H14N2S/c1-3-8(5-10)4-9-7(2)11-6-12-9/h4,6H,3,5,10H2,1-2H3/b8-4+. The van der Waals surface area contributed by atoms with E-state index in [0.29, 0.717) is 6.54 Å². The molecule has 0 aliphatic carbocycles. The molecule has 1 aromatic heterocycles. The summed E-state index contributed by atoms with van der Waals surface area (Å²) in [7, 11) is 0. The van der Waals surface area contributed by atoms with Crippen molar-refractivity contribution < 1.29 is 0 Å². The summed E-state index contributed by atoms with van der Waals surface area (Å²) >= 11 is 1.67. The Hall–Kier alpha value is -0.670. The molecule has 1 heterocycles. The first-order chi connectivity index (χ1) is 5.77. The van der Waals surface area contributed by atoms with Gasteiger partial charge in [0, 0.05) is 11.4 Å². The second-order valence-corrected chi connectivity index (χ2v) is 3.55. The van der Waals surface area contributed by atoms with Crippen LogP contribution in [0.5, 0.6) is 0 Å². The van der Waals surface area contributed by atoms with Gasteiger partial charge in [0.15, 0.2) is 0 Å². The fourth-order valence-electron chi connectivity index (χ4n) is 0.940. The minimum atomic E-state index is 0.647. The monoisotopic (exact) mass is 182 g/mol. The topological polar surface area (TPSA) is 38.9 Å². The number of aromatic nitrogens is 1. The van der Waals surface area contributed by atoms with Crippen LogP contribution in [0.4, 0.5) is 0 Å². The molecular weight excluding hydrogens is 168 g/mol. The van der Waals surface area contributed by atoms with Crippen molar-refractivity contribution in [3.8, 4) is 0 Å². The molecule has 0 spiro atoms. The van der Waals surface area contributed by atoms with Crippen molar-refractivity contribution in [1.82, 2.24) is 4.98 Å². The molecule has 0 fully saturated rings. The molecule has 0 saturated heterocycles. The fourth-order valence-corrected chi connectivity index (χ4v) is 1.72. The molecule has 0 amide bonds. The van der Waals surface area contributed by atoms with Gasteiger partial charge in [-0.25, -0.2) is 4.98 Å². The highest BCUT2D eigenvalue weighted by atomic mass is 32.1. The molecular formula is C9H14N2S. The van der Waals surface area contributed by atoms with Gasteiger partial charge in [-0.2, -0.15) is 0 Å². The summed E-state index contributed by atoms with van der Waals surface area (Å²) in [5, 5.41) is 0. The van der Waals surface area contributed by atoms with Crippen molar-refractivity contribution in [1.29, 1.82) is 0 Å². The van der Waals surface area contributed by atoms with Crippen LogP contribution in [0.1, 0.15) is 23.9 Å². The number of hydrogen-bond acceptors (Lipinski definition) is 3. The van der Waals surface area contributed by atoms with Crippen molar-refractivity contribution in [2.45, 2.75) is 20.3 Å². The number of nitrogens with zero attached hydrogens (tertiary/aromatic N) is 1. The second kappa shape index (κ2) is 4.38. The van der Waals surface area contributed by atoms with Gasteiger partial charge < -0.3 is 5.73 Å². The molecule has 0 saturated carbocycles. The molecule has 2 nitrogen and oxygen atoms in total. The van der Waals surface area contributed by atoms with E-state index in [1.165, 1.54) is 10.5 Å². The number of thiazole rings is 1. The molecule has 66 valence electrons. The maximum atomic E-state index is 5.57. The van der Waals surface area contributed by atoms with E-state index < -0.39 is 0 Å². The zero-order valence-electron chi connectivity index (χ0n) is 7.50. The van der Waals surface area contributed by atoms with E-state index >= 15 is 0 Å². The van der Waals surface area contributed by atoms with Crippen LogP contribution < -0.4 is 5.73 Å². The van der Waals surface area contributed by atoms with Crippen LogP contribution >= 0.6 is 11.3 Å². The van der Waals surface area contributed by atoms with Gasteiger partial charge in [0.1, 0.15) is 0 Å². The molecule has 1 aromatic rings. The Morgan fingerprint density at radius 1 is 1.75 bits per heavy atom. The third-order valence-electron chi connectivity index (χ3n) is 1.83. The summed E-state index contributed by atoms with van der Waals surface area (Å²) in [5.41, 5.74) is 9.81. The summed E-state index contributed by atoms with van der Waals surface area (Å²) in [5.74, 6) is 0. The first kappa shape index (κ1) is 9.42. The lowest BCUT2D eigenvalue weighted by Crippen LogP contribution is -2.01. The van der Waals surface area contributed by atoms with Crippen molar-refractivity contribution in [3.63, 3.8) is 0 Å². The first-order valence-electron chi connectivity index (χ1n) is 4.07. The minimum Gasteiger partial charge on any atom is -0.327 e. The van der Waals surface area contributed by atoms with Crippen LogP contribution in [0, 0.1) is 6.92 Å². The van der Waals surface area contributed by atoms with E-state index in [-0.39, 0.29) is 0 Å². The lowest BCUT2D eigenvalue weighted by Gasteiger charge is -1.98. The normalized spacial score (nSPS) is 12.1. The van der Waals surface area contributed by atoms with Crippen LogP contribution in [0.15, 0.2) is 11.1 Å². The van der Waals surface area contributed by atoms with Crippen LogP contribution in [0.3, 0.4) is 0 Å². The number of rotatable bonds is 3. The highest BCUT2D eigenvalue weighted by Crippen LogP contribution is 2.16. The van der Waals surface area contributed by atoms with Gasteiger partial charge in [0.05, 0.1) is 11.2 Å². The van der Waals surface area contributed by atoms with E-state index in [4.69, 9.17) is 5.73 Å². The minimum absolute atomic E-state index is 0.647.